The van der Waals surface area contributed by atoms with E-state index in [4.69, 9.17) is 0 Å². The van der Waals surface area contributed by atoms with Crippen molar-refractivity contribution in [3.63, 3.8) is 0 Å². The third-order valence-electron chi connectivity index (χ3n) is 8.63. The Hall–Kier alpha value is -4.30. The Balaban J connectivity index is 1.83. The molecule has 55 heavy (non-hydrogen) atoms. The summed E-state index contributed by atoms with van der Waals surface area (Å²) in [5.41, 5.74) is -3.12. The van der Waals surface area contributed by atoms with E-state index in [1.165, 1.54) is 6.92 Å². The number of fused-ring (bicyclic) bond motifs is 4. The second-order valence-electron chi connectivity index (χ2n) is 12.0. The van der Waals surface area contributed by atoms with Crippen LogP contribution in [-0.4, -0.2) is 12.3 Å². The maximum atomic E-state index is 16.0. The quantitative estimate of drug-likeness (QED) is 0.0720. The van der Waals surface area contributed by atoms with Gasteiger partial charge in [0.05, 0.1) is 10.6 Å². The molecule has 6 rings (SSSR count). The molecular formula is C35H14F18P2. The summed E-state index contributed by atoms with van der Waals surface area (Å²) in [5, 5.41) is -7.38. The molecule has 0 fully saturated rings. The molecule has 2 bridgehead atoms. The molecule has 0 amide bonds. The molecule has 290 valence electrons. The standard InChI is InChI=1S/C35H14F18P2/c1-9-4-10-6-11(5-9)8-13-15(37)17(39)21(43)27(49)33(13)55(35-30(52)24(46)19(41)25(47)31(35)53)3-2-54(34-28(50)22(44)18(40)23(45)29(34)51)32-12(7-10)14(36)16(38)20(42)26(32)48/h4-6H,2-3,7-8H2,1H3. The maximum Gasteiger partial charge on any atom is 0.200 e. The lowest BCUT2D eigenvalue weighted by atomic mass is 9.96. The molecule has 0 saturated carbocycles. The predicted molar refractivity (Wildman–Crippen MR) is 164 cm³/mol. The highest BCUT2D eigenvalue weighted by Gasteiger charge is 2.41. The van der Waals surface area contributed by atoms with Crippen molar-refractivity contribution in [2.75, 3.05) is 12.3 Å². The molecule has 0 saturated heterocycles. The topological polar surface area (TPSA) is 0 Å². The highest BCUT2D eigenvalue weighted by molar-refractivity contribution is 7.76. The molecule has 0 N–H and O–H groups in total. The Kier molecular flexibility index (Phi) is 10.8. The summed E-state index contributed by atoms with van der Waals surface area (Å²) in [5.74, 6) is -47.7. The summed E-state index contributed by atoms with van der Waals surface area (Å²) in [4.78, 5) is 0. The van der Waals surface area contributed by atoms with Gasteiger partial charge in [-0.25, -0.2) is 79.0 Å². The van der Waals surface area contributed by atoms with E-state index < -0.39 is 178 Å². The fraction of sp³-hybridized carbons (Fsp3) is 0.143. The second-order valence-corrected chi connectivity index (χ2v) is 16.4. The predicted octanol–water partition coefficient (Wildman–Crippen LogP) is 9.56. The Bertz CT molecular complexity index is 2240. The van der Waals surface area contributed by atoms with Crippen LogP contribution in [-0.2, 0) is 12.8 Å². The molecule has 5 aromatic carbocycles. The van der Waals surface area contributed by atoms with Gasteiger partial charge in [-0.3, -0.25) is 0 Å². The third-order valence-corrected chi connectivity index (χ3v) is 14.2. The van der Waals surface area contributed by atoms with Crippen LogP contribution in [0.15, 0.2) is 18.2 Å². The summed E-state index contributed by atoms with van der Waals surface area (Å²) in [6.07, 6.45) is -5.45. The molecule has 1 heterocycles. The monoisotopic (exact) mass is 838 g/mol. The average Bonchev–Trinajstić information content (AvgIpc) is 3.15. The first kappa shape index (κ1) is 40.4. The van der Waals surface area contributed by atoms with E-state index in [9.17, 15) is 43.9 Å². The molecule has 2 unspecified atom stereocenters. The Morgan fingerprint density at radius 2 is 0.545 bits per heavy atom. The van der Waals surface area contributed by atoms with Crippen molar-refractivity contribution in [2.24, 2.45) is 0 Å². The molecule has 5 aromatic rings. The number of rotatable bonds is 2. The zero-order valence-corrected chi connectivity index (χ0v) is 28.5. The van der Waals surface area contributed by atoms with Crippen LogP contribution >= 0.6 is 15.8 Å². The van der Waals surface area contributed by atoms with Crippen LogP contribution in [0, 0.1) is 112 Å². The molecule has 1 aliphatic heterocycles. The van der Waals surface area contributed by atoms with Gasteiger partial charge in [-0.15, -0.1) is 0 Å². The largest absolute Gasteiger partial charge is 0.203 e. The normalized spacial score (nSPS) is 16.0. The molecule has 0 nitrogen and oxygen atoms in total. The van der Waals surface area contributed by atoms with Crippen molar-refractivity contribution in [1.29, 1.82) is 0 Å². The lowest BCUT2D eigenvalue weighted by Gasteiger charge is -2.28. The lowest BCUT2D eigenvalue weighted by Crippen LogP contribution is -2.33. The first-order valence-corrected chi connectivity index (χ1v) is 18.1. The maximum absolute atomic E-state index is 16.0. The molecule has 1 aliphatic rings. The minimum absolute atomic E-state index is 0.0847. The van der Waals surface area contributed by atoms with Gasteiger partial charge in [0.1, 0.15) is 0 Å². The Morgan fingerprint density at radius 1 is 0.309 bits per heavy atom. The van der Waals surface area contributed by atoms with Crippen LogP contribution in [0.25, 0.3) is 0 Å². The van der Waals surface area contributed by atoms with Crippen molar-refractivity contribution >= 4 is 37.1 Å². The number of hydrogen-bond donors (Lipinski definition) is 0. The van der Waals surface area contributed by atoms with E-state index in [2.05, 4.69) is 0 Å². The molecule has 0 aliphatic carbocycles. The fourth-order valence-corrected chi connectivity index (χ4v) is 12.3. The van der Waals surface area contributed by atoms with Gasteiger partial charge >= 0.3 is 0 Å². The Morgan fingerprint density at radius 3 is 0.836 bits per heavy atom. The highest BCUT2D eigenvalue weighted by Crippen LogP contribution is 2.48. The van der Waals surface area contributed by atoms with Gasteiger partial charge in [-0.05, 0) is 46.2 Å². The third kappa shape index (κ3) is 6.42. The van der Waals surface area contributed by atoms with Crippen LogP contribution < -0.4 is 21.2 Å². The van der Waals surface area contributed by atoms with Crippen LogP contribution in [0.4, 0.5) is 79.0 Å². The van der Waals surface area contributed by atoms with E-state index >= 15 is 35.1 Å². The number of aryl methyl sites for hydroxylation is 1. The molecular weight excluding hydrogens is 824 g/mol. The van der Waals surface area contributed by atoms with Gasteiger partial charge < -0.3 is 0 Å². The summed E-state index contributed by atoms with van der Waals surface area (Å²) in [7, 11) is -8.00. The van der Waals surface area contributed by atoms with Crippen LogP contribution in [0.1, 0.15) is 27.8 Å². The highest BCUT2D eigenvalue weighted by atomic mass is 31.1. The van der Waals surface area contributed by atoms with Gasteiger partial charge in [-0.1, -0.05) is 23.8 Å². The van der Waals surface area contributed by atoms with E-state index in [0.717, 1.165) is 18.2 Å². The summed E-state index contributed by atoms with van der Waals surface area (Å²) in [6, 6.07) is 3.20. The van der Waals surface area contributed by atoms with Crippen molar-refractivity contribution in [1.82, 2.24) is 0 Å². The first-order valence-electron chi connectivity index (χ1n) is 15.1. The van der Waals surface area contributed by atoms with Crippen LogP contribution in [0.5, 0.6) is 0 Å². The molecule has 0 aromatic heterocycles. The summed E-state index contributed by atoms with van der Waals surface area (Å²) >= 11 is 0. The Labute approximate surface area is 298 Å². The van der Waals surface area contributed by atoms with E-state index in [0.29, 0.717) is 0 Å². The molecule has 2 atom stereocenters. The SMILES string of the molecule is Cc1cc2cc(c1)Cc1c(F)c(F)c(F)c(F)c1P(c1c(F)c(F)c(F)c(F)c1F)CCP(c1c(F)c(F)c(F)c(F)c1F)c1c(F)c(F)c(F)c(F)c1C2. The minimum atomic E-state index is -4.00. The van der Waals surface area contributed by atoms with Crippen molar-refractivity contribution in [2.45, 2.75) is 19.8 Å². The van der Waals surface area contributed by atoms with Gasteiger partial charge in [0.2, 0.25) is 11.6 Å². The van der Waals surface area contributed by atoms with E-state index in [-0.39, 0.29) is 16.7 Å². The van der Waals surface area contributed by atoms with E-state index in [1.54, 1.807) is 0 Å². The lowest BCUT2D eigenvalue weighted by molar-refractivity contribution is 0.384. The van der Waals surface area contributed by atoms with Crippen molar-refractivity contribution < 1.29 is 79.0 Å². The van der Waals surface area contributed by atoms with Gasteiger partial charge in [-0.2, -0.15) is 0 Å². The van der Waals surface area contributed by atoms with Crippen molar-refractivity contribution in [3.8, 4) is 0 Å². The van der Waals surface area contributed by atoms with Gasteiger partial charge in [0.15, 0.2) is 93.1 Å². The van der Waals surface area contributed by atoms with E-state index in [1.807, 2.05) is 0 Å². The minimum Gasteiger partial charge on any atom is -0.203 e. The number of benzene rings is 5. The zero-order valence-electron chi connectivity index (χ0n) is 26.8. The van der Waals surface area contributed by atoms with Gasteiger partial charge in [0, 0.05) is 34.6 Å². The summed E-state index contributed by atoms with van der Waals surface area (Å²) in [6.45, 7) is 1.28. The fourth-order valence-electron chi connectivity index (χ4n) is 6.31. The first-order chi connectivity index (χ1) is 25.7. The zero-order chi connectivity index (χ0) is 40.7. The molecule has 0 spiro atoms. The number of hydrogen-bond acceptors (Lipinski definition) is 0. The molecule has 20 heteroatoms. The smallest absolute Gasteiger partial charge is 0.200 e. The average molecular weight is 838 g/mol. The molecule has 0 radical (unpaired) electrons. The second kappa shape index (κ2) is 14.6. The van der Waals surface area contributed by atoms with Crippen LogP contribution in [0.2, 0.25) is 0 Å². The van der Waals surface area contributed by atoms with Gasteiger partial charge in [0.25, 0.3) is 0 Å². The summed E-state index contributed by atoms with van der Waals surface area (Å²) < 4.78 is 272. The van der Waals surface area contributed by atoms with Crippen LogP contribution in [0.3, 0.4) is 0 Å². The van der Waals surface area contributed by atoms with Crippen molar-refractivity contribution in [3.05, 3.63) is 151 Å². The number of halogens is 18.